The number of aliphatic hydroxyl groups is 1. The van der Waals surface area contributed by atoms with Gasteiger partial charge in [0.15, 0.2) is 15.5 Å². The van der Waals surface area contributed by atoms with E-state index in [1.807, 2.05) is 0 Å². The number of aromatic nitrogens is 1. The Morgan fingerprint density at radius 2 is 2.50 bits per heavy atom. The van der Waals surface area contributed by atoms with Crippen LogP contribution in [0.4, 0.5) is 4.39 Å². The molecule has 0 saturated heterocycles. The van der Waals surface area contributed by atoms with Crippen LogP contribution in [0.15, 0.2) is 9.98 Å². The average Bonchev–Trinajstić information content (AvgIpc) is 2.80. The van der Waals surface area contributed by atoms with Gasteiger partial charge in [-0.1, -0.05) is 0 Å². The molecule has 0 saturated carbocycles. The lowest BCUT2D eigenvalue weighted by Crippen LogP contribution is -2.17. The average molecular weight is 304 g/mol. The molecule has 1 aromatic carbocycles. The summed E-state index contributed by atoms with van der Waals surface area (Å²) in [6.45, 7) is -0.102. The van der Waals surface area contributed by atoms with Gasteiger partial charge < -0.3 is 9.84 Å². The maximum absolute atomic E-state index is 13.7. The van der Waals surface area contributed by atoms with Crippen LogP contribution in [0.25, 0.3) is 10.2 Å². The number of fused-ring (bicyclic) bond motifs is 3. The molecular weight excluding hydrogens is 297 g/mol. The van der Waals surface area contributed by atoms with Gasteiger partial charge in [0.1, 0.15) is 6.10 Å². The summed E-state index contributed by atoms with van der Waals surface area (Å²) in [6.07, 6.45) is 0.199. The molecule has 1 aliphatic rings. The second-order valence-electron chi connectivity index (χ2n) is 3.61. The van der Waals surface area contributed by atoms with E-state index in [0.29, 0.717) is 11.9 Å². The van der Waals surface area contributed by atoms with Crippen LogP contribution >= 0.6 is 27.3 Å². The topological polar surface area (TPSA) is 42.4 Å². The van der Waals surface area contributed by atoms with Crippen molar-refractivity contribution in [2.45, 2.75) is 12.5 Å². The Morgan fingerprint density at radius 1 is 1.69 bits per heavy atom. The van der Waals surface area contributed by atoms with Gasteiger partial charge in [-0.3, -0.25) is 0 Å². The predicted octanol–water partition coefficient (Wildman–Crippen LogP) is 2.49. The number of benzene rings is 1. The first kappa shape index (κ1) is 10.4. The van der Waals surface area contributed by atoms with Crippen molar-refractivity contribution in [1.82, 2.24) is 4.98 Å². The van der Waals surface area contributed by atoms with E-state index in [0.717, 1.165) is 14.2 Å². The Hall–Kier alpha value is -0.720. The summed E-state index contributed by atoms with van der Waals surface area (Å²) in [6, 6.07) is 1.37. The Kier molecular flexibility index (Phi) is 2.38. The van der Waals surface area contributed by atoms with Gasteiger partial charge in [-0.2, -0.15) is 0 Å². The molecule has 1 aromatic heterocycles. The SMILES string of the molecule is OC[C@H]1Cc2c(c(F)cc3nc(Br)sc23)O1. The first-order valence-corrected chi connectivity index (χ1v) is 6.35. The minimum atomic E-state index is -0.406. The monoisotopic (exact) mass is 303 g/mol. The molecule has 0 radical (unpaired) electrons. The molecule has 0 aliphatic carbocycles. The van der Waals surface area contributed by atoms with Crippen molar-refractivity contribution >= 4 is 37.5 Å². The quantitative estimate of drug-likeness (QED) is 0.880. The Morgan fingerprint density at radius 3 is 3.25 bits per heavy atom. The van der Waals surface area contributed by atoms with E-state index in [1.54, 1.807) is 0 Å². The number of hydrogen-bond acceptors (Lipinski definition) is 4. The number of rotatable bonds is 1. The van der Waals surface area contributed by atoms with E-state index in [9.17, 15) is 4.39 Å². The summed E-state index contributed by atoms with van der Waals surface area (Å²) in [5.74, 6) is -0.140. The van der Waals surface area contributed by atoms with E-state index < -0.39 is 5.82 Å². The van der Waals surface area contributed by atoms with Crippen molar-refractivity contribution in [3.8, 4) is 5.75 Å². The van der Waals surface area contributed by atoms with Crippen molar-refractivity contribution in [1.29, 1.82) is 0 Å². The van der Waals surface area contributed by atoms with E-state index in [-0.39, 0.29) is 18.5 Å². The Bertz CT molecular complexity index is 571. The van der Waals surface area contributed by atoms with Crippen LogP contribution in [0.1, 0.15) is 5.56 Å². The van der Waals surface area contributed by atoms with Crippen LogP contribution in [0.3, 0.4) is 0 Å². The highest BCUT2D eigenvalue weighted by atomic mass is 79.9. The van der Waals surface area contributed by atoms with Crippen LogP contribution in [0.2, 0.25) is 0 Å². The molecule has 6 heteroatoms. The van der Waals surface area contributed by atoms with Crippen LogP contribution in [0.5, 0.6) is 5.75 Å². The van der Waals surface area contributed by atoms with E-state index in [4.69, 9.17) is 9.84 Å². The molecule has 0 fully saturated rings. The summed E-state index contributed by atoms with van der Waals surface area (Å²) >= 11 is 4.74. The largest absolute Gasteiger partial charge is 0.484 e. The summed E-state index contributed by atoms with van der Waals surface area (Å²) in [5, 5.41) is 9.04. The van der Waals surface area contributed by atoms with Crippen molar-refractivity contribution in [2.75, 3.05) is 6.61 Å². The van der Waals surface area contributed by atoms with Gasteiger partial charge in [0.05, 0.1) is 16.8 Å². The fourth-order valence-electron chi connectivity index (χ4n) is 1.90. The fourth-order valence-corrected chi connectivity index (χ4v) is 3.40. The molecule has 1 N–H and O–H groups in total. The van der Waals surface area contributed by atoms with Gasteiger partial charge in [-0.05, 0) is 15.9 Å². The normalized spacial score (nSPS) is 18.8. The van der Waals surface area contributed by atoms with Crippen molar-refractivity contribution in [2.24, 2.45) is 0 Å². The number of hydrogen-bond donors (Lipinski definition) is 1. The molecule has 0 unspecified atom stereocenters. The first-order chi connectivity index (χ1) is 7.69. The Labute approximate surface area is 103 Å². The van der Waals surface area contributed by atoms with E-state index in [1.165, 1.54) is 17.4 Å². The minimum Gasteiger partial charge on any atom is -0.484 e. The highest BCUT2D eigenvalue weighted by Gasteiger charge is 2.28. The number of halogens is 2. The van der Waals surface area contributed by atoms with Gasteiger partial charge in [0, 0.05) is 18.1 Å². The molecule has 1 aliphatic heterocycles. The predicted molar refractivity (Wildman–Crippen MR) is 62.5 cm³/mol. The van der Waals surface area contributed by atoms with Crippen LogP contribution < -0.4 is 4.74 Å². The molecule has 2 aromatic rings. The molecule has 0 bridgehead atoms. The molecule has 16 heavy (non-hydrogen) atoms. The second kappa shape index (κ2) is 3.65. The third-order valence-corrected chi connectivity index (χ3v) is 4.16. The zero-order chi connectivity index (χ0) is 11.3. The Balaban J connectivity index is 2.26. The van der Waals surface area contributed by atoms with Gasteiger partial charge in [0.2, 0.25) is 0 Å². The zero-order valence-corrected chi connectivity index (χ0v) is 10.4. The lowest BCUT2D eigenvalue weighted by Gasteiger charge is -2.05. The maximum atomic E-state index is 13.7. The van der Waals surface area contributed by atoms with Gasteiger partial charge >= 0.3 is 0 Å². The maximum Gasteiger partial charge on any atom is 0.167 e. The van der Waals surface area contributed by atoms with Crippen molar-refractivity contribution < 1.29 is 14.2 Å². The highest BCUT2D eigenvalue weighted by molar-refractivity contribution is 9.11. The van der Waals surface area contributed by atoms with Gasteiger partial charge in [-0.15, -0.1) is 11.3 Å². The minimum absolute atomic E-state index is 0.102. The zero-order valence-electron chi connectivity index (χ0n) is 8.04. The summed E-state index contributed by atoms with van der Waals surface area (Å²) in [4.78, 5) is 4.18. The lowest BCUT2D eigenvalue weighted by atomic mass is 10.1. The van der Waals surface area contributed by atoms with Crippen LogP contribution in [0, 0.1) is 5.82 Å². The lowest BCUT2D eigenvalue weighted by molar-refractivity contribution is 0.131. The molecule has 0 spiro atoms. The number of ether oxygens (including phenoxy) is 1. The number of nitrogens with zero attached hydrogens (tertiary/aromatic N) is 1. The molecule has 2 heterocycles. The smallest absolute Gasteiger partial charge is 0.167 e. The molecule has 3 nitrogen and oxygen atoms in total. The molecular formula is C10H7BrFNO2S. The molecule has 84 valence electrons. The van der Waals surface area contributed by atoms with Crippen LogP contribution in [-0.2, 0) is 6.42 Å². The first-order valence-electron chi connectivity index (χ1n) is 4.74. The van der Waals surface area contributed by atoms with Gasteiger partial charge in [0.25, 0.3) is 0 Å². The third-order valence-electron chi connectivity index (χ3n) is 2.58. The molecule has 0 amide bonds. The summed E-state index contributed by atoms with van der Waals surface area (Å²) in [7, 11) is 0. The number of thiazole rings is 1. The summed E-state index contributed by atoms with van der Waals surface area (Å²) in [5.41, 5.74) is 1.45. The molecule has 3 rings (SSSR count). The van der Waals surface area contributed by atoms with Gasteiger partial charge in [-0.25, -0.2) is 9.37 Å². The van der Waals surface area contributed by atoms with Crippen molar-refractivity contribution in [3.63, 3.8) is 0 Å². The second-order valence-corrected chi connectivity index (χ2v) is 5.88. The van der Waals surface area contributed by atoms with E-state index in [2.05, 4.69) is 20.9 Å². The summed E-state index contributed by atoms with van der Waals surface area (Å²) < 4.78 is 20.7. The number of aliphatic hydroxyl groups excluding tert-OH is 1. The van der Waals surface area contributed by atoms with Crippen LogP contribution in [-0.4, -0.2) is 22.8 Å². The molecule has 1 atom stereocenters. The van der Waals surface area contributed by atoms with E-state index >= 15 is 0 Å². The highest BCUT2D eigenvalue weighted by Crippen LogP contribution is 2.40. The standard InChI is InChI=1S/C10H7BrFNO2S/c11-10-13-7-2-6(12)8-5(9(7)16-10)1-4(3-14)15-8/h2,4,14H,1,3H2/t4-/m1/s1. The third kappa shape index (κ3) is 1.44. The fraction of sp³-hybridized carbons (Fsp3) is 0.300. The van der Waals surface area contributed by atoms with Crippen molar-refractivity contribution in [3.05, 3.63) is 21.4 Å².